The summed E-state index contributed by atoms with van der Waals surface area (Å²) in [6.07, 6.45) is 6.67. The summed E-state index contributed by atoms with van der Waals surface area (Å²) in [7, 11) is 0. The van der Waals surface area contributed by atoms with E-state index in [0.717, 1.165) is 17.6 Å². The van der Waals surface area contributed by atoms with Gasteiger partial charge < -0.3 is 10.3 Å². The molecule has 2 aromatic rings. The van der Waals surface area contributed by atoms with Crippen molar-refractivity contribution in [3.8, 4) is 0 Å². The SMILES string of the molecule is CCCCCC(C)(C)Cn1c(C)c(C)c2c(N)ncnc21. The minimum Gasteiger partial charge on any atom is -0.383 e. The van der Waals surface area contributed by atoms with E-state index in [4.69, 9.17) is 5.73 Å². The molecule has 2 aromatic heterocycles. The summed E-state index contributed by atoms with van der Waals surface area (Å²) in [5.41, 5.74) is 9.72. The Balaban J connectivity index is 2.34. The normalized spacial score (nSPS) is 12.2. The summed E-state index contributed by atoms with van der Waals surface area (Å²) < 4.78 is 2.31. The highest BCUT2D eigenvalue weighted by molar-refractivity contribution is 5.90. The highest BCUT2D eigenvalue weighted by atomic mass is 15.1. The van der Waals surface area contributed by atoms with Gasteiger partial charge in [-0.15, -0.1) is 0 Å². The number of rotatable bonds is 6. The van der Waals surface area contributed by atoms with E-state index in [2.05, 4.69) is 49.2 Å². The maximum absolute atomic E-state index is 6.04. The van der Waals surface area contributed by atoms with Gasteiger partial charge in [0, 0.05) is 12.2 Å². The molecule has 0 unspecified atom stereocenters. The molecule has 0 radical (unpaired) electrons. The summed E-state index contributed by atoms with van der Waals surface area (Å²) in [6, 6.07) is 0. The number of aryl methyl sites for hydroxylation is 1. The van der Waals surface area contributed by atoms with Crippen molar-refractivity contribution in [2.24, 2.45) is 5.41 Å². The van der Waals surface area contributed by atoms with E-state index in [-0.39, 0.29) is 5.41 Å². The third-order valence-corrected chi connectivity index (χ3v) is 4.48. The maximum Gasteiger partial charge on any atom is 0.145 e. The molecule has 0 atom stereocenters. The van der Waals surface area contributed by atoms with Crippen LogP contribution >= 0.6 is 0 Å². The van der Waals surface area contributed by atoms with Gasteiger partial charge in [0.2, 0.25) is 0 Å². The van der Waals surface area contributed by atoms with Gasteiger partial charge in [-0.3, -0.25) is 0 Å². The monoisotopic (exact) mass is 288 g/mol. The number of fused-ring (bicyclic) bond motifs is 1. The van der Waals surface area contributed by atoms with Crippen molar-refractivity contribution in [3.63, 3.8) is 0 Å². The smallest absolute Gasteiger partial charge is 0.145 e. The molecule has 4 heteroatoms. The number of nitrogens with zero attached hydrogens (tertiary/aromatic N) is 3. The second-order valence-corrected chi connectivity index (χ2v) is 6.88. The summed E-state index contributed by atoms with van der Waals surface area (Å²) in [5, 5.41) is 1.01. The van der Waals surface area contributed by atoms with E-state index in [9.17, 15) is 0 Å². The van der Waals surface area contributed by atoms with Gasteiger partial charge in [-0.25, -0.2) is 9.97 Å². The molecule has 0 aliphatic rings. The van der Waals surface area contributed by atoms with Crippen molar-refractivity contribution in [2.75, 3.05) is 5.73 Å². The number of anilines is 1. The molecule has 21 heavy (non-hydrogen) atoms. The molecule has 4 nitrogen and oxygen atoms in total. The number of nitrogens with two attached hydrogens (primary N) is 1. The average molecular weight is 288 g/mol. The molecule has 0 spiro atoms. The number of hydrogen-bond donors (Lipinski definition) is 1. The maximum atomic E-state index is 6.04. The molecule has 0 aromatic carbocycles. The first-order valence-electron chi connectivity index (χ1n) is 7.93. The Morgan fingerprint density at radius 3 is 2.57 bits per heavy atom. The van der Waals surface area contributed by atoms with E-state index in [1.54, 1.807) is 6.33 Å². The molecule has 0 aliphatic carbocycles. The van der Waals surface area contributed by atoms with Gasteiger partial charge in [0.25, 0.3) is 0 Å². The van der Waals surface area contributed by atoms with Crippen LogP contribution in [0.4, 0.5) is 5.82 Å². The molecule has 0 saturated heterocycles. The molecule has 116 valence electrons. The Bertz CT molecular complexity index is 625. The number of hydrogen-bond acceptors (Lipinski definition) is 3. The third-order valence-electron chi connectivity index (χ3n) is 4.48. The molecule has 0 saturated carbocycles. The lowest BCUT2D eigenvalue weighted by molar-refractivity contribution is 0.273. The van der Waals surface area contributed by atoms with E-state index in [1.807, 2.05) is 0 Å². The fraction of sp³-hybridized carbons (Fsp3) is 0.647. The number of nitrogen functional groups attached to an aromatic ring is 1. The first-order chi connectivity index (χ1) is 9.87. The quantitative estimate of drug-likeness (QED) is 0.809. The number of aromatic nitrogens is 3. The number of unbranched alkanes of at least 4 members (excludes halogenated alkanes) is 2. The zero-order valence-electron chi connectivity index (χ0n) is 14.0. The van der Waals surface area contributed by atoms with Gasteiger partial charge in [-0.2, -0.15) is 0 Å². The van der Waals surface area contributed by atoms with Crippen LogP contribution in [0.5, 0.6) is 0 Å². The van der Waals surface area contributed by atoms with Gasteiger partial charge >= 0.3 is 0 Å². The van der Waals surface area contributed by atoms with Crippen molar-refractivity contribution >= 4 is 16.9 Å². The lowest BCUT2D eigenvalue weighted by atomic mass is 9.86. The molecule has 0 bridgehead atoms. The lowest BCUT2D eigenvalue weighted by Crippen LogP contribution is -2.20. The van der Waals surface area contributed by atoms with Gasteiger partial charge in [-0.05, 0) is 31.2 Å². The third kappa shape index (κ3) is 3.20. The molecule has 0 fully saturated rings. The van der Waals surface area contributed by atoms with Crippen LogP contribution in [0.2, 0.25) is 0 Å². The Kier molecular flexibility index (Phi) is 4.55. The molecule has 0 amide bonds. The van der Waals surface area contributed by atoms with Gasteiger partial charge in [0.05, 0.1) is 5.39 Å². The van der Waals surface area contributed by atoms with E-state index >= 15 is 0 Å². The Morgan fingerprint density at radius 1 is 1.19 bits per heavy atom. The van der Waals surface area contributed by atoms with Crippen LogP contribution in [0, 0.1) is 19.3 Å². The predicted molar refractivity (Wildman–Crippen MR) is 89.3 cm³/mol. The first kappa shape index (κ1) is 15.8. The highest BCUT2D eigenvalue weighted by Crippen LogP contribution is 2.32. The summed E-state index contributed by atoms with van der Waals surface area (Å²) in [4.78, 5) is 8.61. The topological polar surface area (TPSA) is 56.7 Å². The molecular weight excluding hydrogens is 260 g/mol. The largest absolute Gasteiger partial charge is 0.383 e. The van der Waals surface area contributed by atoms with Crippen LogP contribution in [-0.4, -0.2) is 14.5 Å². The highest BCUT2D eigenvalue weighted by Gasteiger charge is 2.22. The van der Waals surface area contributed by atoms with Crippen LogP contribution < -0.4 is 5.73 Å². The van der Waals surface area contributed by atoms with Crippen molar-refractivity contribution in [1.82, 2.24) is 14.5 Å². The molecule has 2 rings (SSSR count). The zero-order chi connectivity index (χ0) is 15.6. The molecular formula is C17H28N4. The van der Waals surface area contributed by atoms with Gasteiger partial charge in [0.1, 0.15) is 17.8 Å². The molecule has 2 heterocycles. The molecule has 0 aliphatic heterocycles. The summed E-state index contributed by atoms with van der Waals surface area (Å²) >= 11 is 0. The van der Waals surface area contributed by atoms with Crippen LogP contribution in [0.3, 0.4) is 0 Å². The van der Waals surface area contributed by atoms with E-state index in [1.165, 1.54) is 36.9 Å². The minimum atomic E-state index is 0.262. The minimum absolute atomic E-state index is 0.262. The fourth-order valence-electron chi connectivity index (χ4n) is 3.05. The van der Waals surface area contributed by atoms with Gasteiger partial charge in [0.15, 0.2) is 0 Å². The van der Waals surface area contributed by atoms with Crippen LogP contribution in [0.1, 0.15) is 57.7 Å². The Morgan fingerprint density at radius 2 is 1.90 bits per heavy atom. The first-order valence-corrected chi connectivity index (χ1v) is 7.93. The Hall–Kier alpha value is -1.58. The van der Waals surface area contributed by atoms with E-state index < -0.39 is 0 Å². The fourth-order valence-corrected chi connectivity index (χ4v) is 3.05. The van der Waals surface area contributed by atoms with Crippen LogP contribution in [0.25, 0.3) is 11.0 Å². The standard InChI is InChI=1S/C17H28N4/c1-6-7-8-9-17(4,5)10-21-13(3)12(2)14-15(18)19-11-20-16(14)21/h11H,6-10H2,1-5H3,(H2,18,19,20). The van der Waals surface area contributed by atoms with Crippen molar-refractivity contribution in [2.45, 2.75) is 66.8 Å². The zero-order valence-corrected chi connectivity index (χ0v) is 14.0. The second kappa shape index (κ2) is 6.04. The summed E-state index contributed by atoms with van der Waals surface area (Å²) in [5.74, 6) is 0.586. The van der Waals surface area contributed by atoms with Crippen LogP contribution in [0.15, 0.2) is 6.33 Å². The average Bonchev–Trinajstić information content (AvgIpc) is 2.65. The van der Waals surface area contributed by atoms with Crippen LogP contribution in [-0.2, 0) is 6.54 Å². The van der Waals surface area contributed by atoms with Gasteiger partial charge in [-0.1, -0.05) is 40.0 Å². The second-order valence-electron chi connectivity index (χ2n) is 6.88. The van der Waals surface area contributed by atoms with Crippen molar-refractivity contribution < 1.29 is 0 Å². The summed E-state index contributed by atoms with van der Waals surface area (Å²) in [6.45, 7) is 12.2. The van der Waals surface area contributed by atoms with Crippen molar-refractivity contribution in [1.29, 1.82) is 0 Å². The molecule has 2 N–H and O–H groups in total. The Labute approximate surface area is 127 Å². The van der Waals surface area contributed by atoms with E-state index in [0.29, 0.717) is 5.82 Å². The predicted octanol–water partition coefficient (Wildman–Crippen LogP) is 4.24. The van der Waals surface area contributed by atoms with Crippen molar-refractivity contribution in [3.05, 3.63) is 17.6 Å². The lowest BCUT2D eigenvalue weighted by Gasteiger charge is -2.26.